The van der Waals surface area contributed by atoms with Crippen LogP contribution in [-0.2, 0) is 0 Å². The molecule has 0 unspecified atom stereocenters. The molecule has 3 heteroatoms. The lowest BCUT2D eigenvalue weighted by molar-refractivity contribution is 0.112. The Morgan fingerprint density at radius 3 is 2.72 bits per heavy atom. The van der Waals surface area contributed by atoms with Crippen molar-refractivity contribution < 1.29 is 9.18 Å². The lowest BCUT2D eigenvalue weighted by atomic mass is 10.1. The first-order valence-electron chi connectivity index (χ1n) is 6.63. The van der Waals surface area contributed by atoms with Gasteiger partial charge in [-0.25, -0.2) is 4.39 Å². The third kappa shape index (κ3) is 2.89. The van der Waals surface area contributed by atoms with Crippen molar-refractivity contribution in [1.29, 1.82) is 0 Å². The molecule has 0 aromatic heterocycles. The van der Waals surface area contributed by atoms with Gasteiger partial charge in [0.15, 0.2) is 6.29 Å². The summed E-state index contributed by atoms with van der Waals surface area (Å²) in [6.07, 6.45) is 3.97. The molecule has 0 amide bonds. The summed E-state index contributed by atoms with van der Waals surface area (Å²) in [5.41, 5.74) is 0.960. The van der Waals surface area contributed by atoms with Crippen LogP contribution in [0.15, 0.2) is 18.2 Å². The van der Waals surface area contributed by atoms with E-state index in [2.05, 4.69) is 18.7 Å². The van der Waals surface area contributed by atoms with Gasteiger partial charge in [-0.1, -0.05) is 19.9 Å². The molecular weight excluding hydrogens is 229 g/mol. The molecule has 2 rings (SSSR count). The van der Waals surface area contributed by atoms with Crippen LogP contribution in [0.25, 0.3) is 0 Å². The number of carbonyl (C=O) groups excluding carboxylic acids is 1. The van der Waals surface area contributed by atoms with E-state index in [-0.39, 0.29) is 5.82 Å². The number of halogens is 1. The van der Waals surface area contributed by atoms with Gasteiger partial charge in [0.25, 0.3) is 0 Å². The summed E-state index contributed by atoms with van der Waals surface area (Å²) < 4.78 is 14.0. The summed E-state index contributed by atoms with van der Waals surface area (Å²) in [5, 5.41) is 0. The van der Waals surface area contributed by atoms with E-state index in [4.69, 9.17) is 0 Å². The smallest absolute Gasteiger partial charge is 0.152 e. The van der Waals surface area contributed by atoms with Crippen LogP contribution in [0, 0.1) is 11.7 Å². The molecule has 98 valence electrons. The van der Waals surface area contributed by atoms with Crippen LogP contribution in [0.5, 0.6) is 0 Å². The second-order valence-electron chi connectivity index (χ2n) is 5.40. The summed E-state index contributed by atoms with van der Waals surface area (Å²) in [5.74, 6) is 0.299. The van der Waals surface area contributed by atoms with Crippen LogP contribution >= 0.6 is 0 Å². The number of hydrogen-bond acceptors (Lipinski definition) is 2. The van der Waals surface area contributed by atoms with E-state index in [0.717, 1.165) is 32.1 Å². The zero-order chi connectivity index (χ0) is 13.1. The summed E-state index contributed by atoms with van der Waals surface area (Å²) in [7, 11) is 0. The normalized spacial score (nSPS) is 14.9. The minimum Gasteiger partial charge on any atom is -0.366 e. The molecule has 0 bridgehead atoms. The van der Waals surface area contributed by atoms with Gasteiger partial charge in [-0.05, 0) is 37.3 Å². The zero-order valence-electron chi connectivity index (χ0n) is 11.0. The van der Waals surface area contributed by atoms with E-state index >= 15 is 0 Å². The standard InChI is InChI=1S/C15H20FNO/c1-11(2)8-9-17(13-6-7-13)15-12(10-18)4-3-5-14(15)16/h3-5,10-11,13H,6-9H2,1-2H3. The maximum atomic E-state index is 14.0. The number of carbonyl (C=O) groups is 1. The summed E-state index contributed by atoms with van der Waals surface area (Å²) in [4.78, 5) is 13.2. The maximum absolute atomic E-state index is 14.0. The van der Waals surface area contributed by atoms with Crippen LogP contribution in [0.2, 0.25) is 0 Å². The van der Waals surface area contributed by atoms with Crippen molar-refractivity contribution in [1.82, 2.24) is 0 Å². The average molecular weight is 249 g/mol. The molecule has 1 aromatic rings. The molecule has 0 saturated heterocycles. The minimum atomic E-state index is -0.282. The van der Waals surface area contributed by atoms with Crippen LogP contribution in [-0.4, -0.2) is 18.9 Å². The van der Waals surface area contributed by atoms with Crippen molar-refractivity contribution in [3.63, 3.8) is 0 Å². The molecule has 0 radical (unpaired) electrons. The SMILES string of the molecule is CC(C)CCN(c1c(F)cccc1C=O)C1CC1. The van der Waals surface area contributed by atoms with Crippen molar-refractivity contribution >= 4 is 12.0 Å². The summed E-state index contributed by atoms with van der Waals surface area (Å²) in [6.45, 7) is 5.14. The Hall–Kier alpha value is -1.38. The highest BCUT2D eigenvalue weighted by atomic mass is 19.1. The Balaban J connectivity index is 2.27. The molecule has 0 aliphatic heterocycles. The Bertz CT molecular complexity index is 427. The van der Waals surface area contributed by atoms with E-state index in [9.17, 15) is 9.18 Å². The van der Waals surface area contributed by atoms with Crippen LogP contribution in [0.4, 0.5) is 10.1 Å². The molecule has 1 aromatic carbocycles. The molecule has 0 N–H and O–H groups in total. The third-order valence-corrected chi connectivity index (χ3v) is 3.37. The highest BCUT2D eigenvalue weighted by molar-refractivity contribution is 5.85. The number of para-hydroxylation sites is 1. The van der Waals surface area contributed by atoms with E-state index < -0.39 is 0 Å². The number of anilines is 1. The summed E-state index contributed by atoms with van der Waals surface area (Å²) in [6, 6.07) is 5.14. The van der Waals surface area contributed by atoms with Crippen molar-refractivity contribution in [2.24, 2.45) is 5.92 Å². The number of benzene rings is 1. The van der Waals surface area contributed by atoms with Crippen LogP contribution in [0.1, 0.15) is 43.5 Å². The van der Waals surface area contributed by atoms with Gasteiger partial charge in [-0.3, -0.25) is 4.79 Å². The molecule has 1 aliphatic rings. The number of rotatable bonds is 6. The third-order valence-electron chi connectivity index (χ3n) is 3.37. The molecule has 0 spiro atoms. The molecule has 0 atom stereocenters. The topological polar surface area (TPSA) is 20.3 Å². The second-order valence-corrected chi connectivity index (χ2v) is 5.40. The Kier molecular flexibility index (Phi) is 4.00. The van der Waals surface area contributed by atoms with Gasteiger partial charge in [-0.15, -0.1) is 0 Å². The first-order valence-corrected chi connectivity index (χ1v) is 6.63. The van der Waals surface area contributed by atoms with Gasteiger partial charge in [0.05, 0.1) is 5.69 Å². The first-order chi connectivity index (χ1) is 8.63. The molecular formula is C15H20FNO. The lowest BCUT2D eigenvalue weighted by Crippen LogP contribution is -2.29. The van der Waals surface area contributed by atoms with Crippen LogP contribution in [0.3, 0.4) is 0 Å². The number of aldehydes is 1. The van der Waals surface area contributed by atoms with Gasteiger partial charge in [-0.2, -0.15) is 0 Å². The van der Waals surface area contributed by atoms with Crippen molar-refractivity contribution in [2.75, 3.05) is 11.4 Å². The second kappa shape index (κ2) is 5.51. The summed E-state index contributed by atoms with van der Waals surface area (Å²) >= 11 is 0. The van der Waals surface area contributed by atoms with Crippen LogP contribution < -0.4 is 4.90 Å². The number of nitrogens with zero attached hydrogens (tertiary/aromatic N) is 1. The van der Waals surface area contributed by atoms with Crippen molar-refractivity contribution in [3.05, 3.63) is 29.6 Å². The number of hydrogen-bond donors (Lipinski definition) is 0. The van der Waals surface area contributed by atoms with E-state index in [1.54, 1.807) is 12.1 Å². The Labute approximate surface area is 108 Å². The van der Waals surface area contributed by atoms with Gasteiger partial charge >= 0.3 is 0 Å². The fourth-order valence-electron chi connectivity index (χ4n) is 2.19. The lowest BCUT2D eigenvalue weighted by Gasteiger charge is -2.27. The van der Waals surface area contributed by atoms with Crippen molar-refractivity contribution in [3.8, 4) is 0 Å². The molecule has 1 saturated carbocycles. The Morgan fingerprint density at radius 1 is 1.44 bits per heavy atom. The molecule has 0 heterocycles. The first kappa shape index (κ1) is 13.1. The average Bonchev–Trinajstić information content (AvgIpc) is 3.15. The molecule has 1 aliphatic carbocycles. The monoisotopic (exact) mass is 249 g/mol. The van der Waals surface area contributed by atoms with Gasteiger partial charge < -0.3 is 4.90 Å². The highest BCUT2D eigenvalue weighted by Gasteiger charge is 2.31. The maximum Gasteiger partial charge on any atom is 0.152 e. The molecule has 1 fully saturated rings. The van der Waals surface area contributed by atoms with Gasteiger partial charge in [0.2, 0.25) is 0 Å². The van der Waals surface area contributed by atoms with E-state index in [1.165, 1.54) is 6.07 Å². The van der Waals surface area contributed by atoms with E-state index in [1.807, 2.05) is 0 Å². The van der Waals surface area contributed by atoms with E-state index in [0.29, 0.717) is 23.2 Å². The van der Waals surface area contributed by atoms with Crippen molar-refractivity contribution in [2.45, 2.75) is 39.2 Å². The fourth-order valence-corrected chi connectivity index (χ4v) is 2.19. The van der Waals surface area contributed by atoms with Gasteiger partial charge in [0, 0.05) is 18.2 Å². The molecule has 2 nitrogen and oxygen atoms in total. The molecule has 18 heavy (non-hydrogen) atoms. The largest absolute Gasteiger partial charge is 0.366 e. The zero-order valence-corrected chi connectivity index (χ0v) is 11.0. The highest BCUT2D eigenvalue weighted by Crippen LogP contribution is 2.35. The predicted molar refractivity (Wildman–Crippen MR) is 71.6 cm³/mol. The Morgan fingerprint density at radius 2 is 2.17 bits per heavy atom. The predicted octanol–water partition coefficient (Wildman–Crippen LogP) is 3.65. The van der Waals surface area contributed by atoms with Gasteiger partial charge in [0.1, 0.15) is 5.82 Å². The quantitative estimate of drug-likeness (QED) is 0.717. The fraction of sp³-hybridized carbons (Fsp3) is 0.533. The minimum absolute atomic E-state index is 0.282.